The van der Waals surface area contributed by atoms with Crippen LogP contribution >= 0.6 is 0 Å². The van der Waals surface area contributed by atoms with Crippen molar-refractivity contribution in [3.05, 3.63) is 50.6 Å². The number of nitroso groups, excluding NO2 is 1. The lowest BCUT2D eigenvalue weighted by atomic mass is 10.1. The number of nitro groups is 1. The summed E-state index contributed by atoms with van der Waals surface area (Å²) in [7, 11) is 0. The van der Waals surface area contributed by atoms with Crippen LogP contribution in [0.1, 0.15) is 37.0 Å². The first-order valence-electron chi connectivity index (χ1n) is 7.04. The number of nitrogen functional groups attached to an aromatic ring is 1. The molecule has 0 aliphatic heterocycles. The van der Waals surface area contributed by atoms with E-state index in [1.54, 1.807) is 6.92 Å². The maximum Gasteiger partial charge on any atom is 0.316 e. The van der Waals surface area contributed by atoms with Gasteiger partial charge in [-0.1, -0.05) is 24.1 Å². The van der Waals surface area contributed by atoms with E-state index in [1.165, 1.54) is 24.4 Å². The molecule has 0 radical (unpaired) electrons. The van der Waals surface area contributed by atoms with Crippen molar-refractivity contribution >= 4 is 11.7 Å². The lowest BCUT2D eigenvalue weighted by molar-refractivity contribution is -0.527. The molecule has 1 heterocycles. The first kappa shape index (κ1) is 18.2. The van der Waals surface area contributed by atoms with Crippen LogP contribution in [0.4, 0.5) is 5.82 Å². The number of carbonyl (C=O) groups is 1. The van der Waals surface area contributed by atoms with Crippen LogP contribution in [-0.4, -0.2) is 28.0 Å². The minimum Gasteiger partial charge on any atom is -0.384 e. The number of hydrogen-bond donors (Lipinski definition) is 2. The van der Waals surface area contributed by atoms with Crippen molar-refractivity contribution in [1.82, 2.24) is 10.3 Å². The smallest absolute Gasteiger partial charge is 0.316 e. The predicted molar refractivity (Wildman–Crippen MR) is 85.1 cm³/mol. The number of carbonyl (C=O) groups excluding carboxylic acids is 1. The minimum absolute atomic E-state index is 0.102. The van der Waals surface area contributed by atoms with Crippen LogP contribution in [0.3, 0.4) is 0 Å². The van der Waals surface area contributed by atoms with E-state index in [0.717, 1.165) is 12.0 Å². The Balaban J connectivity index is 2.94. The number of allylic oxidation sites excluding steroid dienone is 1. The molecule has 23 heavy (non-hydrogen) atoms. The molecule has 0 aromatic carbocycles. The molecule has 0 fully saturated rings. The highest BCUT2D eigenvalue weighted by Gasteiger charge is 2.33. The first-order valence-corrected chi connectivity index (χ1v) is 7.04. The normalized spacial score (nSPS) is 13.9. The molecule has 9 heteroatoms. The van der Waals surface area contributed by atoms with E-state index in [9.17, 15) is 19.8 Å². The van der Waals surface area contributed by atoms with Gasteiger partial charge in [0.25, 0.3) is 5.91 Å². The zero-order valence-electron chi connectivity index (χ0n) is 12.9. The number of nitrogens with zero attached hydrogens (tertiary/aromatic N) is 3. The Morgan fingerprint density at radius 3 is 2.74 bits per heavy atom. The van der Waals surface area contributed by atoms with Crippen molar-refractivity contribution in [3.63, 3.8) is 0 Å². The summed E-state index contributed by atoms with van der Waals surface area (Å²) in [5.74, 6) is -0.507. The number of hydrogen-bond acceptors (Lipinski definition) is 7. The summed E-state index contributed by atoms with van der Waals surface area (Å²) in [5.41, 5.74) is 6.31. The molecule has 9 nitrogen and oxygen atoms in total. The summed E-state index contributed by atoms with van der Waals surface area (Å²) in [5, 5.41) is 16.2. The standard InChI is InChI=1S/C14H19N5O4/c1-3-4-9(2)7-11(18-21)13(19(22)23)17-14(20)10-5-6-12(15)16-8-10/h5-8,11,13H,3-4H2,1-2H3,(H2,15,16)(H,17,20). The third-order valence-corrected chi connectivity index (χ3v) is 3.10. The first-order chi connectivity index (χ1) is 10.9. The molecule has 0 saturated heterocycles. The molecular weight excluding hydrogens is 302 g/mol. The van der Waals surface area contributed by atoms with Crippen molar-refractivity contribution in [3.8, 4) is 0 Å². The number of amides is 1. The van der Waals surface area contributed by atoms with Gasteiger partial charge in [-0.25, -0.2) is 4.98 Å². The van der Waals surface area contributed by atoms with Crippen molar-refractivity contribution < 1.29 is 9.72 Å². The highest BCUT2D eigenvalue weighted by molar-refractivity contribution is 5.94. The third kappa shape index (κ3) is 5.46. The van der Waals surface area contributed by atoms with E-state index >= 15 is 0 Å². The van der Waals surface area contributed by atoms with Gasteiger partial charge in [-0.05, 0) is 31.6 Å². The summed E-state index contributed by atoms with van der Waals surface area (Å²) >= 11 is 0. The van der Waals surface area contributed by atoms with Gasteiger partial charge in [-0.3, -0.25) is 20.2 Å². The lowest BCUT2D eigenvalue weighted by Gasteiger charge is -2.14. The molecule has 1 rings (SSSR count). The Morgan fingerprint density at radius 2 is 2.26 bits per heavy atom. The second-order valence-corrected chi connectivity index (χ2v) is 5.03. The van der Waals surface area contributed by atoms with Gasteiger partial charge in [0.1, 0.15) is 5.82 Å². The second-order valence-electron chi connectivity index (χ2n) is 5.03. The van der Waals surface area contributed by atoms with Gasteiger partial charge in [-0.15, -0.1) is 4.91 Å². The summed E-state index contributed by atoms with van der Waals surface area (Å²) in [4.78, 5) is 37.2. The second kappa shape index (κ2) is 8.57. The molecule has 1 aromatic heterocycles. The molecule has 3 N–H and O–H groups in total. The Kier molecular flexibility index (Phi) is 6.78. The summed E-state index contributed by atoms with van der Waals surface area (Å²) in [6, 6.07) is 1.50. The Morgan fingerprint density at radius 1 is 1.57 bits per heavy atom. The molecule has 0 saturated carbocycles. The highest BCUT2D eigenvalue weighted by Crippen LogP contribution is 2.11. The average Bonchev–Trinajstić information content (AvgIpc) is 2.51. The zero-order chi connectivity index (χ0) is 17.4. The van der Waals surface area contributed by atoms with Crippen LogP contribution in [0.2, 0.25) is 0 Å². The van der Waals surface area contributed by atoms with Crippen LogP contribution in [0.15, 0.2) is 35.2 Å². The Hall–Kier alpha value is -2.84. The summed E-state index contributed by atoms with van der Waals surface area (Å²) < 4.78 is 0. The van der Waals surface area contributed by atoms with E-state index < -0.39 is 23.0 Å². The Bertz CT molecular complexity index is 600. The molecule has 0 aliphatic rings. The van der Waals surface area contributed by atoms with E-state index in [4.69, 9.17) is 5.73 Å². The quantitative estimate of drug-likeness (QED) is 0.246. The van der Waals surface area contributed by atoms with Gasteiger partial charge < -0.3 is 5.73 Å². The number of pyridine rings is 1. The molecule has 1 aromatic rings. The molecule has 124 valence electrons. The maximum atomic E-state index is 12.0. The third-order valence-electron chi connectivity index (χ3n) is 3.10. The van der Waals surface area contributed by atoms with Crippen LogP contribution < -0.4 is 11.1 Å². The summed E-state index contributed by atoms with van der Waals surface area (Å²) in [6.07, 6.45) is 2.48. The highest BCUT2D eigenvalue weighted by atomic mass is 16.6. The largest absolute Gasteiger partial charge is 0.384 e. The number of nitrogens with one attached hydrogen (secondary N) is 1. The molecule has 0 aliphatic carbocycles. The monoisotopic (exact) mass is 321 g/mol. The fraction of sp³-hybridized carbons (Fsp3) is 0.429. The fourth-order valence-corrected chi connectivity index (χ4v) is 1.97. The van der Waals surface area contributed by atoms with Crippen molar-refractivity contribution in [1.29, 1.82) is 0 Å². The van der Waals surface area contributed by atoms with Gasteiger partial charge >= 0.3 is 6.17 Å². The van der Waals surface area contributed by atoms with Crippen LogP contribution in [0.25, 0.3) is 0 Å². The van der Waals surface area contributed by atoms with E-state index in [1.807, 2.05) is 6.92 Å². The number of aromatic nitrogens is 1. The number of nitrogens with two attached hydrogens (primary N) is 1. The molecule has 0 spiro atoms. The van der Waals surface area contributed by atoms with Gasteiger partial charge in [0.05, 0.1) is 5.56 Å². The average molecular weight is 321 g/mol. The molecule has 2 atom stereocenters. The lowest BCUT2D eigenvalue weighted by Crippen LogP contribution is -2.47. The topological polar surface area (TPSA) is 141 Å². The van der Waals surface area contributed by atoms with E-state index in [2.05, 4.69) is 15.5 Å². The van der Waals surface area contributed by atoms with Crippen molar-refractivity contribution in [2.75, 3.05) is 5.73 Å². The SMILES string of the molecule is CCCC(C)=CC(N=O)C(NC(=O)c1ccc(N)nc1)[N+](=O)[O-]. The zero-order valence-corrected chi connectivity index (χ0v) is 12.9. The van der Waals surface area contributed by atoms with Crippen LogP contribution in [0, 0.1) is 15.0 Å². The van der Waals surface area contributed by atoms with Gasteiger partial charge in [-0.2, -0.15) is 0 Å². The molecule has 2 unspecified atom stereocenters. The van der Waals surface area contributed by atoms with Crippen LogP contribution in [-0.2, 0) is 0 Å². The van der Waals surface area contributed by atoms with Crippen molar-refractivity contribution in [2.24, 2.45) is 5.18 Å². The van der Waals surface area contributed by atoms with Gasteiger partial charge in [0, 0.05) is 11.1 Å². The fourth-order valence-electron chi connectivity index (χ4n) is 1.97. The van der Waals surface area contributed by atoms with Gasteiger partial charge in [0.2, 0.25) is 0 Å². The van der Waals surface area contributed by atoms with Crippen molar-refractivity contribution in [2.45, 2.75) is 38.9 Å². The van der Waals surface area contributed by atoms with Gasteiger partial charge in [0.15, 0.2) is 6.04 Å². The minimum atomic E-state index is -1.65. The van der Waals surface area contributed by atoms with E-state index in [0.29, 0.717) is 6.42 Å². The number of rotatable bonds is 8. The molecule has 1 amide bonds. The number of anilines is 1. The maximum absolute atomic E-state index is 12.0. The molecule has 0 bridgehead atoms. The summed E-state index contributed by atoms with van der Waals surface area (Å²) in [6.45, 7) is 3.70. The predicted octanol–water partition coefficient (Wildman–Crippen LogP) is 1.88. The van der Waals surface area contributed by atoms with Crippen LogP contribution in [0.5, 0.6) is 0 Å². The molecular formula is C14H19N5O4. The van der Waals surface area contributed by atoms with E-state index in [-0.39, 0.29) is 11.4 Å². The Labute approximate surface area is 133 Å².